The van der Waals surface area contributed by atoms with Crippen LogP contribution in [-0.2, 0) is 0 Å². The van der Waals surface area contributed by atoms with Crippen LogP contribution in [0.1, 0.15) is 16.1 Å². The number of aliphatic hydroxyl groups is 1. The molecule has 76 valence electrons. The molecule has 0 unspecified atom stereocenters. The molecule has 0 fully saturated rings. The summed E-state index contributed by atoms with van der Waals surface area (Å²) in [6.45, 7) is 1.81. The Labute approximate surface area is 86.0 Å². The zero-order chi connectivity index (χ0) is 10.6. The van der Waals surface area contributed by atoms with Crippen molar-refractivity contribution in [3.05, 3.63) is 23.4 Å². The van der Waals surface area contributed by atoms with Gasteiger partial charge in [-0.3, -0.25) is 0 Å². The summed E-state index contributed by atoms with van der Waals surface area (Å²) >= 11 is 1.25. The second kappa shape index (κ2) is 4.97. The van der Waals surface area contributed by atoms with Crippen molar-refractivity contribution >= 4 is 17.7 Å². The predicted octanol–water partition coefficient (Wildman–Crippen LogP) is 1.17. The lowest BCUT2D eigenvalue weighted by atomic mass is 10.2. The molecular formula is C9H11NO3S. The number of carbonyl (C=O) groups is 1. The maximum atomic E-state index is 10.8. The van der Waals surface area contributed by atoms with Gasteiger partial charge in [0.05, 0.1) is 12.2 Å². The van der Waals surface area contributed by atoms with Crippen LogP contribution in [-0.4, -0.2) is 33.5 Å². The Morgan fingerprint density at radius 2 is 2.29 bits per heavy atom. The zero-order valence-corrected chi connectivity index (χ0v) is 8.54. The summed E-state index contributed by atoms with van der Waals surface area (Å²) in [4.78, 5) is 14.9. The van der Waals surface area contributed by atoms with Crippen LogP contribution in [0.25, 0.3) is 0 Å². The van der Waals surface area contributed by atoms with E-state index in [9.17, 15) is 4.79 Å². The number of aromatic carboxylic acids is 1. The van der Waals surface area contributed by atoms with E-state index in [1.807, 2.05) is 0 Å². The number of hydrogen-bond acceptors (Lipinski definition) is 4. The molecule has 4 nitrogen and oxygen atoms in total. The van der Waals surface area contributed by atoms with Crippen molar-refractivity contribution in [2.75, 3.05) is 12.4 Å². The number of thioether (sulfide) groups is 1. The van der Waals surface area contributed by atoms with Gasteiger partial charge in [0, 0.05) is 11.4 Å². The van der Waals surface area contributed by atoms with E-state index in [1.165, 1.54) is 17.8 Å². The van der Waals surface area contributed by atoms with Gasteiger partial charge in [-0.15, -0.1) is 11.8 Å². The lowest BCUT2D eigenvalue weighted by molar-refractivity contribution is 0.0692. The number of nitrogens with zero attached hydrogens (tertiary/aromatic N) is 1. The van der Waals surface area contributed by atoms with E-state index in [2.05, 4.69) is 4.98 Å². The van der Waals surface area contributed by atoms with Crippen LogP contribution in [0.2, 0.25) is 0 Å². The summed E-state index contributed by atoms with van der Waals surface area (Å²) in [5.74, 6) is -0.533. The molecule has 5 heteroatoms. The molecule has 0 saturated heterocycles. The number of aromatic nitrogens is 1. The topological polar surface area (TPSA) is 70.4 Å². The molecule has 1 aromatic rings. The molecule has 14 heavy (non-hydrogen) atoms. The van der Waals surface area contributed by atoms with Gasteiger partial charge < -0.3 is 10.2 Å². The lowest BCUT2D eigenvalue weighted by Crippen LogP contribution is -2.02. The second-order valence-electron chi connectivity index (χ2n) is 2.68. The maximum absolute atomic E-state index is 10.8. The first-order valence-electron chi connectivity index (χ1n) is 4.09. The fraction of sp³-hybridized carbons (Fsp3) is 0.333. The van der Waals surface area contributed by atoms with Gasteiger partial charge in [0.15, 0.2) is 0 Å². The van der Waals surface area contributed by atoms with Crippen molar-refractivity contribution in [1.29, 1.82) is 0 Å². The zero-order valence-electron chi connectivity index (χ0n) is 7.73. The van der Waals surface area contributed by atoms with E-state index in [0.29, 0.717) is 10.8 Å². The Hall–Kier alpha value is -1.07. The Morgan fingerprint density at radius 3 is 2.86 bits per heavy atom. The fourth-order valence-corrected chi connectivity index (χ4v) is 1.75. The number of aryl methyl sites for hydroxylation is 1. The molecule has 0 amide bonds. The summed E-state index contributed by atoms with van der Waals surface area (Å²) in [6.07, 6.45) is 0. The molecule has 1 aromatic heterocycles. The number of carboxylic acid groups (broad SMARTS) is 1. The molecule has 0 radical (unpaired) electrons. The van der Waals surface area contributed by atoms with Crippen molar-refractivity contribution in [1.82, 2.24) is 4.98 Å². The van der Waals surface area contributed by atoms with E-state index in [-0.39, 0.29) is 12.2 Å². The minimum atomic E-state index is -0.988. The number of aliphatic hydroxyl groups excluding tert-OH is 1. The molecule has 0 bridgehead atoms. The minimum absolute atomic E-state index is 0.0132. The van der Waals surface area contributed by atoms with Gasteiger partial charge in [0.2, 0.25) is 0 Å². The van der Waals surface area contributed by atoms with Crippen molar-refractivity contribution < 1.29 is 15.0 Å². The normalized spacial score (nSPS) is 10.1. The van der Waals surface area contributed by atoms with Crippen LogP contribution in [0, 0.1) is 6.92 Å². The smallest absolute Gasteiger partial charge is 0.338 e. The highest BCUT2D eigenvalue weighted by molar-refractivity contribution is 7.99. The van der Waals surface area contributed by atoms with Crippen LogP contribution in [0.5, 0.6) is 0 Å². The largest absolute Gasteiger partial charge is 0.478 e. The SMILES string of the molecule is Cc1ccc(C(=O)O)c(SCCO)n1. The third kappa shape index (κ3) is 2.71. The number of rotatable bonds is 4. The van der Waals surface area contributed by atoms with Crippen LogP contribution < -0.4 is 0 Å². The van der Waals surface area contributed by atoms with Crippen LogP contribution in [0.3, 0.4) is 0 Å². The highest BCUT2D eigenvalue weighted by atomic mass is 32.2. The average Bonchev–Trinajstić information content (AvgIpc) is 2.14. The van der Waals surface area contributed by atoms with Crippen LogP contribution >= 0.6 is 11.8 Å². The lowest BCUT2D eigenvalue weighted by Gasteiger charge is -2.04. The highest BCUT2D eigenvalue weighted by Gasteiger charge is 2.11. The molecule has 1 heterocycles. The number of hydrogen-bond donors (Lipinski definition) is 2. The molecule has 0 aromatic carbocycles. The van der Waals surface area contributed by atoms with E-state index in [1.54, 1.807) is 13.0 Å². The molecule has 2 N–H and O–H groups in total. The highest BCUT2D eigenvalue weighted by Crippen LogP contribution is 2.20. The van der Waals surface area contributed by atoms with Crippen molar-refractivity contribution in [3.63, 3.8) is 0 Å². The second-order valence-corrected chi connectivity index (χ2v) is 3.77. The molecule has 0 aliphatic heterocycles. The van der Waals surface area contributed by atoms with Gasteiger partial charge >= 0.3 is 5.97 Å². The first kappa shape index (κ1) is 11.0. The maximum Gasteiger partial charge on any atom is 0.338 e. The monoisotopic (exact) mass is 213 g/mol. The quantitative estimate of drug-likeness (QED) is 0.735. The van der Waals surface area contributed by atoms with Crippen molar-refractivity contribution in [2.24, 2.45) is 0 Å². The van der Waals surface area contributed by atoms with E-state index >= 15 is 0 Å². The first-order chi connectivity index (χ1) is 6.65. The molecule has 0 atom stereocenters. The Morgan fingerprint density at radius 1 is 1.57 bits per heavy atom. The van der Waals surface area contributed by atoms with Gasteiger partial charge in [-0.05, 0) is 19.1 Å². The Balaban J connectivity index is 2.97. The predicted molar refractivity (Wildman–Crippen MR) is 53.7 cm³/mol. The molecule has 0 aliphatic rings. The van der Waals surface area contributed by atoms with E-state index in [4.69, 9.17) is 10.2 Å². The minimum Gasteiger partial charge on any atom is -0.478 e. The van der Waals surface area contributed by atoms with Gasteiger partial charge in [0.1, 0.15) is 5.03 Å². The van der Waals surface area contributed by atoms with Crippen LogP contribution in [0.4, 0.5) is 0 Å². The molecule has 0 saturated carbocycles. The number of carboxylic acids is 1. The van der Waals surface area contributed by atoms with E-state index < -0.39 is 5.97 Å². The molecule has 1 rings (SSSR count). The van der Waals surface area contributed by atoms with Gasteiger partial charge in [-0.2, -0.15) is 0 Å². The summed E-state index contributed by atoms with van der Waals surface area (Å²) < 4.78 is 0. The standard InChI is InChI=1S/C9H11NO3S/c1-6-2-3-7(9(12)13)8(10-6)14-5-4-11/h2-3,11H,4-5H2,1H3,(H,12,13). The van der Waals surface area contributed by atoms with Crippen molar-refractivity contribution in [2.45, 2.75) is 11.9 Å². The summed E-state index contributed by atoms with van der Waals surface area (Å²) in [6, 6.07) is 3.19. The van der Waals surface area contributed by atoms with Gasteiger partial charge in [0.25, 0.3) is 0 Å². The summed E-state index contributed by atoms with van der Waals surface area (Å²) in [7, 11) is 0. The number of pyridine rings is 1. The van der Waals surface area contributed by atoms with Gasteiger partial charge in [-0.1, -0.05) is 0 Å². The molecular weight excluding hydrogens is 202 g/mol. The molecule has 0 spiro atoms. The van der Waals surface area contributed by atoms with Gasteiger partial charge in [-0.25, -0.2) is 9.78 Å². The Bertz CT molecular complexity index is 341. The summed E-state index contributed by atoms with van der Waals surface area (Å²) in [5, 5.41) is 17.9. The average molecular weight is 213 g/mol. The van der Waals surface area contributed by atoms with E-state index in [0.717, 1.165) is 5.69 Å². The summed E-state index contributed by atoms with van der Waals surface area (Å²) in [5.41, 5.74) is 0.962. The third-order valence-electron chi connectivity index (χ3n) is 1.56. The third-order valence-corrected chi connectivity index (χ3v) is 2.53. The Kier molecular flexibility index (Phi) is 3.91. The molecule has 0 aliphatic carbocycles. The van der Waals surface area contributed by atoms with Crippen LogP contribution in [0.15, 0.2) is 17.2 Å². The van der Waals surface area contributed by atoms with Crippen molar-refractivity contribution in [3.8, 4) is 0 Å². The fourth-order valence-electron chi connectivity index (χ4n) is 0.948. The first-order valence-corrected chi connectivity index (χ1v) is 5.08.